The van der Waals surface area contributed by atoms with Crippen LogP contribution in [0.15, 0.2) is 0 Å². The molecule has 0 bridgehead atoms. The first-order valence-electron chi connectivity index (χ1n) is 6.11. The highest BCUT2D eigenvalue weighted by Crippen LogP contribution is 2.16. The Hall–Kier alpha value is -0.940. The van der Waals surface area contributed by atoms with Crippen LogP contribution in [0.1, 0.15) is 33.6 Å². The molecule has 0 saturated carbocycles. The van der Waals surface area contributed by atoms with E-state index in [1.54, 1.807) is 6.92 Å². The maximum atomic E-state index is 11.2. The third kappa shape index (κ3) is 6.38. The Morgan fingerprint density at radius 1 is 1.35 bits per heavy atom. The molecule has 1 aliphatic rings. The molecule has 0 radical (unpaired) electrons. The standard InChI is InChI=1S/C10H16O5.C2H6/c1-2-13-9(12)10-14-6-8(7-15-10)4-3-5-11;1-2/h5,8,10H,2-4,6-7H2,1H3;1-2H3. The van der Waals surface area contributed by atoms with E-state index in [-0.39, 0.29) is 5.92 Å². The molecule has 17 heavy (non-hydrogen) atoms. The maximum absolute atomic E-state index is 11.2. The van der Waals surface area contributed by atoms with Crippen LogP contribution in [0.5, 0.6) is 0 Å². The van der Waals surface area contributed by atoms with Crippen molar-refractivity contribution in [3.05, 3.63) is 0 Å². The van der Waals surface area contributed by atoms with Crippen molar-refractivity contribution in [2.24, 2.45) is 5.92 Å². The van der Waals surface area contributed by atoms with E-state index in [0.29, 0.717) is 26.2 Å². The highest BCUT2D eigenvalue weighted by molar-refractivity contribution is 5.73. The van der Waals surface area contributed by atoms with Crippen molar-refractivity contribution in [1.82, 2.24) is 0 Å². The van der Waals surface area contributed by atoms with Gasteiger partial charge in [-0.2, -0.15) is 0 Å². The van der Waals surface area contributed by atoms with E-state index in [2.05, 4.69) is 0 Å². The minimum absolute atomic E-state index is 0.195. The lowest BCUT2D eigenvalue weighted by Gasteiger charge is -2.27. The summed E-state index contributed by atoms with van der Waals surface area (Å²) in [5.41, 5.74) is 0. The van der Waals surface area contributed by atoms with Crippen molar-refractivity contribution in [2.75, 3.05) is 19.8 Å². The molecule has 0 aromatic rings. The maximum Gasteiger partial charge on any atom is 0.363 e. The summed E-state index contributed by atoms with van der Waals surface area (Å²) in [5, 5.41) is 0. The molecular weight excluding hydrogens is 224 g/mol. The first-order valence-corrected chi connectivity index (χ1v) is 6.11. The Bertz CT molecular complexity index is 209. The lowest BCUT2D eigenvalue weighted by molar-refractivity contribution is -0.221. The molecule has 5 heteroatoms. The molecular formula is C12H22O5. The number of rotatable bonds is 5. The summed E-state index contributed by atoms with van der Waals surface area (Å²) in [6.45, 7) is 6.93. The zero-order valence-electron chi connectivity index (χ0n) is 10.8. The SMILES string of the molecule is CC.CCOC(=O)C1OCC(CCC=O)CO1. The second-order valence-corrected chi connectivity index (χ2v) is 3.36. The Kier molecular flexibility index (Phi) is 9.66. The van der Waals surface area contributed by atoms with Gasteiger partial charge in [-0.05, 0) is 13.3 Å². The van der Waals surface area contributed by atoms with E-state index in [9.17, 15) is 9.59 Å². The van der Waals surface area contributed by atoms with Crippen LogP contribution in [-0.4, -0.2) is 38.4 Å². The Morgan fingerprint density at radius 2 is 1.94 bits per heavy atom. The van der Waals surface area contributed by atoms with Gasteiger partial charge >= 0.3 is 5.97 Å². The van der Waals surface area contributed by atoms with Gasteiger partial charge in [-0.15, -0.1) is 0 Å². The van der Waals surface area contributed by atoms with E-state index in [1.165, 1.54) is 0 Å². The first kappa shape index (κ1) is 16.1. The van der Waals surface area contributed by atoms with Crippen molar-refractivity contribution in [3.63, 3.8) is 0 Å². The molecule has 0 N–H and O–H groups in total. The highest BCUT2D eigenvalue weighted by atomic mass is 16.7. The van der Waals surface area contributed by atoms with E-state index in [4.69, 9.17) is 14.2 Å². The van der Waals surface area contributed by atoms with E-state index in [0.717, 1.165) is 12.7 Å². The second kappa shape index (κ2) is 10.2. The number of hydrogen-bond acceptors (Lipinski definition) is 5. The monoisotopic (exact) mass is 246 g/mol. The third-order valence-electron chi connectivity index (χ3n) is 2.14. The molecule has 0 aliphatic carbocycles. The molecule has 5 nitrogen and oxygen atoms in total. The molecule has 0 aromatic carbocycles. The predicted molar refractivity (Wildman–Crippen MR) is 62.5 cm³/mol. The molecule has 0 atom stereocenters. The molecule has 100 valence electrons. The van der Waals surface area contributed by atoms with Crippen LogP contribution < -0.4 is 0 Å². The molecule has 1 heterocycles. The molecule has 1 saturated heterocycles. The van der Waals surface area contributed by atoms with E-state index < -0.39 is 12.3 Å². The zero-order chi connectivity index (χ0) is 13.1. The fourth-order valence-corrected chi connectivity index (χ4v) is 1.36. The van der Waals surface area contributed by atoms with Gasteiger partial charge in [-0.1, -0.05) is 13.8 Å². The molecule has 1 fully saturated rings. The lowest BCUT2D eigenvalue weighted by atomic mass is 10.1. The van der Waals surface area contributed by atoms with Crippen molar-refractivity contribution >= 4 is 12.3 Å². The summed E-state index contributed by atoms with van der Waals surface area (Å²) in [6.07, 6.45) is 1.22. The van der Waals surface area contributed by atoms with Gasteiger partial charge in [0, 0.05) is 12.3 Å². The summed E-state index contributed by atoms with van der Waals surface area (Å²) in [4.78, 5) is 21.3. The minimum atomic E-state index is -0.891. The van der Waals surface area contributed by atoms with Gasteiger partial charge < -0.3 is 19.0 Å². The Labute approximate surface area is 102 Å². The number of carbonyl (C=O) groups excluding carboxylic acids is 2. The summed E-state index contributed by atoms with van der Waals surface area (Å²) >= 11 is 0. The van der Waals surface area contributed by atoms with Gasteiger partial charge in [0.2, 0.25) is 0 Å². The summed E-state index contributed by atoms with van der Waals surface area (Å²) in [5.74, 6) is -0.285. The van der Waals surface area contributed by atoms with Gasteiger partial charge in [0.15, 0.2) is 0 Å². The van der Waals surface area contributed by atoms with Crippen LogP contribution in [0.2, 0.25) is 0 Å². The van der Waals surface area contributed by atoms with Gasteiger partial charge in [-0.25, -0.2) is 4.79 Å². The second-order valence-electron chi connectivity index (χ2n) is 3.36. The number of ether oxygens (including phenoxy) is 3. The van der Waals surface area contributed by atoms with Gasteiger partial charge in [-0.3, -0.25) is 0 Å². The predicted octanol–water partition coefficient (Wildman–Crippen LogP) is 1.54. The molecule has 1 aliphatic heterocycles. The lowest BCUT2D eigenvalue weighted by Crippen LogP contribution is -2.38. The number of hydrogen-bond donors (Lipinski definition) is 0. The molecule has 0 aromatic heterocycles. The van der Waals surface area contributed by atoms with Crippen LogP contribution in [-0.2, 0) is 23.8 Å². The first-order chi connectivity index (χ1) is 8.27. The van der Waals surface area contributed by atoms with Crippen LogP contribution in [0.25, 0.3) is 0 Å². The van der Waals surface area contributed by atoms with Crippen LogP contribution in [0, 0.1) is 5.92 Å². The third-order valence-corrected chi connectivity index (χ3v) is 2.14. The Balaban J connectivity index is 0.00000121. The molecule has 0 spiro atoms. The summed E-state index contributed by atoms with van der Waals surface area (Å²) in [7, 11) is 0. The van der Waals surface area contributed by atoms with E-state index in [1.807, 2.05) is 13.8 Å². The van der Waals surface area contributed by atoms with Crippen molar-refractivity contribution in [1.29, 1.82) is 0 Å². The quantitative estimate of drug-likeness (QED) is 0.544. The van der Waals surface area contributed by atoms with Crippen molar-refractivity contribution < 1.29 is 23.8 Å². The zero-order valence-corrected chi connectivity index (χ0v) is 10.8. The average Bonchev–Trinajstić information content (AvgIpc) is 2.39. The van der Waals surface area contributed by atoms with Crippen molar-refractivity contribution in [3.8, 4) is 0 Å². The smallest absolute Gasteiger partial charge is 0.363 e. The fourth-order valence-electron chi connectivity index (χ4n) is 1.36. The Morgan fingerprint density at radius 3 is 2.41 bits per heavy atom. The van der Waals surface area contributed by atoms with Crippen LogP contribution in [0.3, 0.4) is 0 Å². The van der Waals surface area contributed by atoms with Crippen LogP contribution in [0.4, 0.5) is 0 Å². The largest absolute Gasteiger partial charge is 0.462 e. The van der Waals surface area contributed by atoms with Crippen molar-refractivity contribution in [2.45, 2.75) is 39.9 Å². The topological polar surface area (TPSA) is 61.8 Å². The van der Waals surface area contributed by atoms with E-state index >= 15 is 0 Å². The number of esters is 1. The minimum Gasteiger partial charge on any atom is -0.462 e. The van der Waals surface area contributed by atoms with Gasteiger partial charge in [0.25, 0.3) is 6.29 Å². The normalized spacial score (nSPS) is 23.2. The molecule has 1 rings (SSSR count). The van der Waals surface area contributed by atoms with Gasteiger partial charge in [0.1, 0.15) is 6.29 Å². The number of aldehydes is 1. The molecule has 0 unspecified atom stereocenters. The molecule has 0 amide bonds. The number of carbonyl (C=O) groups is 2. The highest BCUT2D eigenvalue weighted by Gasteiger charge is 2.28. The summed E-state index contributed by atoms with van der Waals surface area (Å²) in [6, 6.07) is 0. The fraction of sp³-hybridized carbons (Fsp3) is 0.833. The average molecular weight is 246 g/mol. The van der Waals surface area contributed by atoms with Gasteiger partial charge in [0.05, 0.1) is 19.8 Å². The summed E-state index contributed by atoms with van der Waals surface area (Å²) < 4.78 is 15.1. The van der Waals surface area contributed by atoms with Crippen LogP contribution >= 0.6 is 0 Å².